The normalized spacial score (nSPS) is 19.4. The Kier molecular flexibility index (Phi) is 6.42. The summed E-state index contributed by atoms with van der Waals surface area (Å²) in [6, 6.07) is 7.17. The lowest BCUT2D eigenvalue weighted by Crippen LogP contribution is -2.44. The largest absolute Gasteiger partial charge is 0.372 e. The Hall–Kier alpha value is -3.01. The minimum atomic E-state index is -0.978. The predicted octanol–water partition coefficient (Wildman–Crippen LogP) is 2.10. The van der Waals surface area contributed by atoms with Crippen molar-refractivity contribution in [2.75, 3.05) is 18.5 Å². The molecule has 3 heterocycles. The number of halogens is 1. The first-order chi connectivity index (χ1) is 13.9. The van der Waals surface area contributed by atoms with Crippen LogP contribution in [0.25, 0.3) is 5.70 Å². The van der Waals surface area contributed by atoms with Crippen LogP contribution in [0.3, 0.4) is 0 Å². The van der Waals surface area contributed by atoms with Gasteiger partial charge in [-0.3, -0.25) is 5.32 Å². The monoisotopic (exact) mass is 400 g/mol. The molecule has 4 N–H and O–H groups in total. The molecule has 0 saturated heterocycles. The first-order valence-electron chi connectivity index (χ1n) is 9.18. The van der Waals surface area contributed by atoms with Crippen LogP contribution < -0.4 is 10.6 Å². The van der Waals surface area contributed by atoms with Crippen LogP contribution in [0, 0.1) is 6.92 Å². The Bertz CT molecular complexity index is 935. The summed E-state index contributed by atoms with van der Waals surface area (Å²) < 4.78 is 14.7. The number of rotatable bonds is 7. The summed E-state index contributed by atoms with van der Waals surface area (Å²) in [6.45, 7) is 7.64. The molecule has 0 aliphatic carbocycles. The fourth-order valence-corrected chi connectivity index (χ4v) is 3.00. The lowest BCUT2D eigenvalue weighted by atomic mass is 10.2. The minimum Gasteiger partial charge on any atom is -0.372 e. The van der Waals surface area contributed by atoms with Crippen LogP contribution in [-0.2, 0) is 0 Å². The predicted molar refractivity (Wildman–Crippen MR) is 109 cm³/mol. The topological polar surface area (TPSA) is 98.5 Å². The van der Waals surface area contributed by atoms with Gasteiger partial charge in [-0.15, -0.1) is 0 Å². The number of fused-ring (bicyclic) bond motifs is 1. The zero-order valence-corrected chi connectivity index (χ0v) is 16.4. The molecule has 3 rings (SSSR count). The first kappa shape index (κ1) is 20.7. The van der Waals surface area contributed by atoms with E-state index in [1.807, 2.05) is 19.1 Å². The zero-order valence-electron chi connectivity index (χ0n) is 16.4. The molecule has 0 fully saturated rings. The van der Waals surface area contributed by atoms with Gasteiger partial charge in [-0.2, -0.15) is 5.10 Å². The highest BCUT2D eigenvalue weighted by Crippen LogP contribution is 2.33. The van der Waals surface area contributed by atoms with Gasteiger partial charge in [0.25, 0.3) is 0 Å². The quantitative estimate of drug-likeness (QED) is 0.528. The molecule has 0 radical (unpaired) electrons. The number of aromatic nitrogens is 3. The van der Waals surface area contributed by atoms with E-state index in [0.29, 0.717) is 22.9 Å². The second kappa shape index (κ2) is 8.99. The van der Waals surface area contributed by atoms with E-state index in [2.05, 4.69) is 27.3 Å². The number of nitrogens with one attached hydrogen (secondary N) is 2. The molecule has 1 aliphatic rings. The number of anilines is 1. The molecule has 2 unspecified atom stereocenters. The van der Waals surface area contributed by atoms with Gasteiger partial charge in [0.05, 0.1) is 29.6 Å². The summed E-state index contributed by atoms with van der Waals surface area (Å²) in [4.78, 5) is 5.90. The molecule has 0 saturated carbocycles. The Morgan fingerprint density at radius 3 is 2.93 bits per heavy atom. The SMILES string of the molecule is C=C1/C(=C\C=C(/C)F)n2nccc2C(O)N1CNCC(O)Nc1cccc(C)n1. The average molecular weight is 400 g/mol. The zero-order chi connectivity index (χ0) is 21.0. The number of aryl methyl sites for hydroxylation is 1. The maximum absolute atomic E-state index is 13.2. The van der Waals surface area contributed by atoms with E-state index in [1.54, 1.807) is 29.3 Å². The third kappa shape index (κ3) is 4.89. The lowest BCUT2D eigenvalue weighted by Gasteiger charge is -2.37. The molecule has 29 heavy (non-hydrogen) atoms. The molecular formula is C20H25FN6O2. The molecular weight excluding hydrogens is 375 g/mol. The van der Waals surface area contributed by atoms with Crippen molar-refractivity contribution in [3.05, 3.63) is 72.1 Å². The van der Waals surface area contributed by atoms with Crippen LogP contribution in [0.1, 0.15) is 24.5 Å². The smallest absolute Gasteiger partial charge is 0.171 e. The van der Waals surface area contributed by atoms with Gasteiger partial charge in [0, 0.05) is 18.4 Å². The highest BCUT2D eigenvalue weighted by molar-refractivity contribution is 5.66. The summed E-state index contributed by atoms with van der Waals surface area (Å²) >= 11 is 0. The lowest BCUT2D eigenvalue weighted by molar-refractivity contribution is 0.0119. The second-order valence-corrected chi connectivity index (χ2v) is 6.70. The number of hydrogen-bond acceptors (Lipinski definition) is 7. The minimum absolute atomic E-state index is 0.202. The number of aliphatic hydroxyl groups is 2. The first-order valence-corrected chi connectivity index (χ1v) is 9.18. The van der Waals surface area contributed by atoms with Gasteiger partial charge in [0.2, 0.25) is 0 Å². The van der Waals surface area contributed by atoms with Crippen molar-refractivity contribution in [3.63, 3.8) is 0 Å². The standard InChI is InChI=1S/C20H25FN6O2/c1-13(21)7-8-16-15(3)26(20(29)17-9-10-23-27(16)17)12-22-11-19(28)25-18-6-4-5-14(2)24-18/h4-10,19-20,22,28-29H,3,11-12H2,1-2H3,(H,24,25)/b13-7+,16-8+. The van der Waals surface area contributed by atoms with Crippen LogP contribution in [-0.4, -0.2) is 49.3 Å². The van der Waals surface area contributed by atoms with Gasteiger partial charge in [-0.1, -0.05) is 12.6 Å². The van der Waals surface area contributed by atoms with Crippen molar-refractivity contribution in [3.8, 4) is 0 Å². The number of pyridine rings is 1. The average Bonchev–Trinajstić information content (AvgIpc) is 3.14. The van der Waals surface area contributed by atoms with E-state index >= 15 is 0 Å². The van der Waals surface area contributed by atoms with Crippen LogP contribution in [0.5, 0.6) is 0 Å². The Balaban J connectivity index is 1.65. The summed E-state index contributed by atoms with van der Waals surface area (Å²) in [7, 11) is 0. The number of allylic oxidation sites excluding steroid dienone is 4. The van der Waals surface area contributed by atoms with Crippen molar-refractivity contribution >= 4 is 11.5 Å². The molecule has 2 aromatic heterocycles. The van der Waals surface area contributed by atoms with E-state index in [1.165, 1.54) is 17.7 Å². The molecule has 0 bridgehead atoms. The summed E-state index contributed by atoms with van der Waals surface area (Å²) in [6.07, 6.45) is 2.58. The fourth-order valence-electron chi connectivity index (χ4n) is 3.00. The second-order valence-electron chi connectivity index (χ2n) is 6.70. The number of hydrogen-bond donors (Lipinski definition) is 4. The molecule has 0 spiro atoms. The Morgan fingerprint density at radius 1 is 1.41 bits per heavy atom. The van der Waals surface area contributed by atoms with Crippen LogP contribution >= 0.6 is 0 Å². The van der Waals surface area contributed by atoms with Gasteiger partial charge < -0.3 is 20.4 Å². The van der Waals surface area contributed by atoms with Gasteiger partial charge in [-0.25, -0.2) is 14.1 Å². The van der Waals surface area contributed by atoms with Crippen LogP contribution in [0.2, 0.25) is 0 Å². The molecule has 0 amide bonds. The molecule has 0 aromatic carbocycles. The Labute approximate surface area is 168 Å². The van der Waals surface area contributed by atoms with Gasteiger partial charge in [0.1, 0.15) is 12.0 Å². The maximum Gasteiger partial charge on any atom is 0.171 e. The van der Waals surface area contributed by atoms with E-state index < -0.39 is 12.5 Å². The van der Waals surface area contributed by atoms with Gasteiger partial charge in [0.15, 0.2) is 6.23 Å². The third-order valence-corrected chi connectivity index (χ3v) is 4.40. The van der Waals surface area contributed by atoms with Crippen molar-refractivity contribution in [1.82, 2.24) is 25.0 Å². The van der Waals surface area contributed by atoms with Crippen molar-refractivity contribution in [2.24, 2.45) is 0 Å². The number of nitrogens with zero attached hydrogens (tertiary/aromatic N) is 4. The van der Waals surface area contributed by atoms with Crippen LogP contribution in [0.4, 0.5) is 10.2 Å². The highest BCUT2D eigenvalue weighted by atomic mass is 19.1. The molecule has 2 atom stereocenters. The fraction of sp³-hybridized carbons (Fsp3) is 0.300. The van der Waals surface area contributed by atoms with Gasteiger partial charge >= 0.3 is 0 Å². The van der Waals surface area contributed by atoms with E-state index in [9.17, 15) is 14.6 Å². The molecule has 9 heteroatoms. The molecule has 8 nitrogen and oxygen atoms in total. The number of aliphatic hydroxyl groups excluding tert-OH is 2. The summed E-state index contributed by atoms with van der Waals surface area (Å²) in [5, 5.41) is 31.0. The summed E-state index contributed by atoms with van der Waals surface area (Å²) in [5.74, 6) is 0.220. The van der Waals surface area contributed by atoms with Gasteiger partial charge in [-0.05, 0) is 44.2 Å². The van der Waals surface area contributed by atoms with E-state index in [-0.39, 0.29) is 19.0 Å². The molecule has 2 aromatic rings. The van der Waals surface area contributed by atoms with Crippen molar-refractivity contribution < 1.29 is 14.6 Å². The van der Waals surface area contributed by atoms with Crippen molar-refractivity contribution in [1.29, 1.82) is 0 Å². The Morgan fingerprint density at radius 2 is 2.21 bits per heavy atom. The third-order valence-electron chi connectivity index (χ3n) is 4.40. The molecule has 154 valence electrons. The molecule has 1 aliphatic heterocycles. The van der Waals surface area contributed by atoms with Crippen molar-refractivity contribution in [2.45, 2.75) is 26.3 Å². The van der Waals surface area contributed by atoms with E-state index in [0.717, 1.165) is 5.69 Å². The summed E-state index contributed by atoms with van der Waals surface area (Å²) in [5.41, 5.74) is 2.41. The highest BCUT2D eigenvalue weighted by Gasteiger charge is 2.31. The van der Waals surface area contributed by atoms with E-state index in [4.69, 9.17) is 0 Å². The maximum atomic E-state index is 13.2. The van der Waals surface area contributed by atoms with Crippen LogP contribution in [0.15, 0.2) is 60.7 Å².